The Labute approximate surface area is 118 Å². The fourth-order valence-corrected chi connectivity index (χ4v) is 1.87. The Morgan fingerprint density at radius 3 is 2.70 bits per heavy atom. The Balaban J connectivity index is 1.90. The summed E-state index contributed by atoms with van der Waals surface area (Å²) in [5, 5.41) is 15.0. The molecule has 20 heavy (non-hydrogen) atoms. The lowest BCUT2D eigenvalue weighted by Crippen LogP contribution is -2.22. The van der Waals surface area contributed by atoms with Crippen LogP contribution in [-0.4, -0.2) is 17.6 Å². The minimum atomic E-state index is -0.103. The van der Waals surface area contributed by atoms with Gasteiger partial charge in [-0.3, -0.25) is 4.79 Å². The number of hydrogen-bond donors (Lipinski definition) is 3. The van der Waals surface area contributed by atoms with Crippen LogP contribution in [0.2, 0.25) is 0 Å². The predicted octanol–water partition coefficient (Wildman–Crippen LogP) is 2.54. The second kappa shape index (κ2) is 6.73. The lowest BCUT2D eigenvalue weighted by atomic mass is 10.2. The number of aryl methyl sites for hydroxylation is 1. The molecular weight excluding hydrogens is 252 g/mol. The Morgan fingerprint density at radius 2 is 1.95 bits per heavy atom. The molecule has 0 atom stereocenters. The van der Waals surface area contributed by atoms with Crippen LogP contribution in [-0.2, 0) is 11.4 Å². The molecule has 4 heteroatoms. The molecule has 0 spiro atoms. The zero-order valence-corrected chi connectivity index (χ0v) is 11.4. The van der Waals surface area contributed by atoms with Crippen molar-refractivity contribution in [2.45, 2.75) is 13.5 Å². The van der Waals surface area contributed by atoms with Gasteiger partial charge in [0, 0.05) is 11.4 Å². The van der Waals surface area contributed by atoms with Gasteiger partial charge in [0.2, 0.25) is 5.91 Å². The van der Waals surface area contributed by atoms with E-state index < -0.39 is 0 Å². The van der Waals surface area contributed by atoms with Crippen molar-refractivity contribution < 1.29 is 9.90 Å². The van der Waals surface area contributed by atoms with E-state index >= 15 is 0 Å². The summed E-state index contributed by atoms with van der Waals surface area (Å²) in [6, 6.07) is 15.0. The van der Waals surface area contributed by atoms with E-state index in [1.54, 1.807) is 0 Å². The van der Waals surface area contributed by atoms with Gasteiger partial charge in [0.05, 0.1) is 13.2 Å². The van der Waals surface area contributed by atoms with E-state index in [0.717, 1.165) is 22.5 Å². The van der Waals surface area contributed by atoms with Crippen LogP contribution in [0.25, 0.3) is 0 Å². The molecule has 1 amide bonds. The van der Waals surface area contributed by atoms with E-state index in [0.29, 0.717) is 0 Å². The first-order chi connectivity index (χ1) is 9.69. The summed E-state index contributed by atoms with van der Waals surface area (Å²) in [5.74, 6) is -0.103. The standard InChI is InChI=1S/C16H18N2O2/c1-12-5-2-3-8-15(12)18-16(20)10-17-14-7-4-6-13(9-14)11-19/h2-9,17,19H,10-11H2,1H3,(H,18,20). The van der Waals surface area contributed by atoms with E-state index in [-0.39, 0.29) is 19.1 Å². The van der Waals surface area contributed by atoms with Crippen LogP contribution < -0.4 is 10.6 Å². The number of aliphatic hydroxyl groups excluding tert-OH is 1. The SMILES string of the molecule is Cc1ccccc1NC(=O)CNc1cccc(CO)c1. The lowest BCUT2D eigenvalue weighted by molar-refractivity contribution is -0.114. The average molecular weight is 270 g/mol. The Morgan fingerprint density at radius 1 is 1.15 bits per heavy atom. The van der Waals surface area contributed by atoms with Gasteiger partial charge in [0.1, 0.15) is 0 Å². The maximum Gasteiger partial charge on any atom is 0.243 e. The van der Waals surface area contributed by atoms with Gasteiger partial charge in [-0.25, -0.2) is 0 Å². The molecule has 2 rings (SSSR count). The maximum atomic E-state index is 11.9. The fourth-order valence-electron chi connectivity index (χ4n) is 1.87. The number of nitrogens with one attached hydrogen (secondary N) is 2. The highest BCUT2D eigenvalue weighted by Gasteiger charge is 2.04. The van der Waals surface area contributed by atoms with Crippen LogP contribution >= 0.6 is 0 Å². The molecule has 0 heterocycles. The van der Waals surface area contributed by atoms with Crippen molar-refractivity contribution in [3.8, 4) is 0 Å². The average Bonchev–Trinajstić information content (AvgIpc) is 2.48. The molecule has 4 nitrogen and oxygen atoms in total. The number of para-hydroxylation sites is 1. The van der Waals surface area contributed by atoms with Crippen LogP contribution in [0.15, 0.2) is 48.5 Å². The van der Waals surface area contributed by atoms with Crippen molar-refractivity contribution in [3.63, 3.8) is 0 Å². The van der Waals surface area contributed by atoms with Gasteiger partial charge in [-0.15, -0.1) is 0 Å². The number of amides is 1. The van der Waals surface area contributed by atoms with Gasteiger partial charge < -0.3 is 15.7 Å². The first-order valence-corrected chi connectivity index (χ1v) is 6.48. The van der Waals surface area contributed by atoms with Crippen molar-refractivity contribution in [1.82, 2.24) is 0 Å². The van der Waals surface area contributed by atoms with Crippen LogP contribution in [0, 0.1) is 6.92 Å². The van der Waals surface area contributed by atoms with Crippen LogP contribution in [0.4, 0.5) is 11.4 Å². The molecule has 2 aromatic rings. The van der Waals surface area contributed by atoms with Crippen LogP contribution in [0.1, 0.15) is 11.1 Å². The number of rotatable bonds is 5. The van der Waals surface area contributed by atoms with Crippen molar-refractivity contribution >= 4 is 17.3 Å². The van der Waals surface area contributed by atoms with E-state index in [4.69, 9.17) is 5.11 Å². The van der Waals surface area contributed by atoms with Crippen molar-refractivity contribution in [1.29, 1.82) is 0 Å². The van der Waals surface area contributed by atoms with Gasteiger partial charge >= 0.3 is 0 Å². The van der Waals surface area contributed by atoms with Crippen molar-refractivity contribution in [2.75, 3.05) is 17.2 Å². The first kappa shape index (κ1) is 14.1. The number of anilines is 2. The predicted molar refractivity (Wildman–Crippen MR) is 80.7 cm³/mol. The second-order valence-electron chi connectivity index (χ2n) is 4.58. The molecule has 2 aromatic carbocycles. The number of carbonyl (C=O) groups excluding carboxylic acids is 1. The Bertz CT molecular complexity index is 597. The summed E-state index contributed by atoms with van der Waals surface area (Å²) in [6.07, 6.45) is 0. The van der Waals surface area contributed by atoms with E-state index in [1.807, 2.05) is 55.5 Å². The number of hydrogen-bond acceptors (Lipinski definition) is 3. The zero-order chi connectivity index (χ0) is 14.4. The summed E-state index contributed by atoms with van der Waals surface area (Å²) in [4.78, 5) is 11.9. The summed E-state index contributed by atoms with van der Waals surface area (Å²) < 4.78 is 0. The van der Waals surface area contributed by atoms with E-state index in [9.17, 15) is 4.79 Å². The third-order valence-electron chi connectivity index (χ3n) is 2.98. The number of aliphatic hydroxyl groups is 1. The Hall–Kier alpha value is -2.33. The summed E-state index contributed by atoms with van der Waals surface area (Å²) >= 11 is 0. The van der Waals surface area contributed by atoms with E-state index in [1.165, 1.54) is 0 Å². The molecule has 0 aliphatic heterocycles. The smallest absolute Gasteiger partial charge is 0.243 e. The zero-order valence-electron chi connectivity index (χ0n) is 11.4. The molecule has 0 saturated heterocycles. The third-order valence-corrected chi connectivity index (χ3v) is 2.98. The minimum Gasteiger partial charge on any atom is -0.392 e. The quantitative estimate of drug-likeness (QED) is 0.782. The summed E-state index contributed by atoms with van der Waals surface area (Å²) in [7, 11) is 0. The topological polar surface area (TPSA) is 61.4 Å². The molecule has 0 fully saturated rings. The highest BCUT2D eigenvalue weighted by molar-refractivity contribution is 5.94. The molecule has 3 N–H and O–H groups in total. The largest absolute Gasteiger partial charge is 0.392 e. The Kier molecular flexibility index (Phi) is 4.74. The molecule has 0 aromatic heterocycles. The third kappa shape index (κ3) is 3.83. The monoisotopic (exact) mass is 270 g/mol. The number of carbonyl (C=O) groups is 1. The minimum absolute atomic E-state index is 0.00900. The molecule has 0 aliphatic rings. The normalized spacial score (nSPS) is 10.1. The van der Waals surface area contributed by atoms with E-state index in [2.05, 4.69) is 10.6 Å². The summed E-state index contributed by atoms with van der Waals surface area (Å²) in [5.41, 5.74) is 3.48. The number of benzene rings is 2. The molecule has 0 unspecified atom stereocenters. The maximum absolute atomic E-state index is 11.9. The summed E-state index contributed by atoms with van der Waals surface area (Å²) in [6.45, 7) is 2.13. The van der Waals surface area contributed by atoms with Crippen LogP contribution in [0.3, 0.4) is 0 Å². The molecule has 0 saturated carbocycles. The van der Waals surface area contributed by atoms with Crippen molar-refractivity contribution in [2.24, 2.45) is 0 Å². The van der Waals surface area contributed by atoms with Gasteiger partial charge in [0.15, 0.2) is 0 Å². The van der Waals surface area contributed by atoms with Crippen LogP contribution in [0.5, 0.6) is 0 Å². The highest BCUT2D eigenvalue weighted by atomic mass is 16.3. The van der Waals surface area contributed by atoms with Gasteiger partial charge in [-0.2, -0.15) is 0 Å². The lowest BCUT2D eigenvalue weighted by Gasteiger charge is -2.10. The fraction of sp³-hybridized carbons (Fsp3) is 0.188. The second-order valence-corrected chi connectivity index (χ2v) is 4.58. The van der Waals surface area contributed by atoms with Gasteiger partial charge in [-0.1, -0.05) is 30.3 Å². The molecule has 104 valence electrons. The molecule has 0 radical (unpaired) electrons. The molecular formula is C16H18N2O2. The van der Waals surface area contributed by atoms with Gasteiger partial charge in [0.25, 0.3) is 0 Å². The van der Waals surface area contributed by atoms with Crippen molar-refractivity contribution in [3.05, 3.63) is 59.7 Å². The molecule has 0 bridgehead atoms. The first-order valence-electron chi connectivity index (χ1n) is 6.48. The highest BCUT2D eigenvalue weighted by Crippen LogP contribution is 2.13. The molecule has 0 aliphatic carbocycles. The van der Waals surface area contributed by atoms with Gasteiger partial charge in [-0.05, 0) is 36.2 Å².